The third-order valence-corrected chi connectivity index (χ3v) is 9.05. The van der Waals surface area contributed by atoms with Crippen molar-refractivity contribution in [2.24, 2.45) is 0 Å². The number of fused-ring (bicyclic) bond motifs is 2. The first-order valence-corrected chi connectivity index (χ1v) is 13.3. The van der Waals surface area contributed by atoms with E-state index in [2.05, 4.69) is 10.3 Å². The van der Waals surface area contributed by atoms with E-state index in [-0.39, 0.29) is 10.5 Å². The number of aromatic nitrogens is 1. The first-order valence-electron chi connectivity index (χ1n) is 11.1. The van der Waals surface area contributed by atoms with E-state index in [4.69, 9.17) is 4.74 Å². The molecule has 2 heterocycles. The van der Waals surface area contributed by atoms with Gasteiger partial charge in [0, 0.05) is 11.4 Å². The van der Waals surface area contributed by atoms with Gasteiger partial charge in [-0.3, -0.25) is 14.4 Å². The number of sulfonamides is 1. The molecule has 1 aliphatic heterocycles. The number of hydrogen-bond acceptors (Lipinski definition) is 6. The molecular formula is C24H25N3O4S2. The molecule has 1 amide bonds. The number of carbonyl (C=O) groups is 1. The lowest BCUT2D eigenvalue weighted by Gasteiger charge is -2.20. The van der Waals surface area contributed by atoms with Gasteiger partial charge in [0.15, 0.2) is 5.13 Å². The number of ether oxygens (including phenoxy) is 1. The monoisotopic (exact) mass is 483 g/mol. The van der Waals surface area contributed by atoms with Crippen molar-refractivity contribution in [1.82, 2.24) is 4.98 Å². The van der Waals surface area contributed by atoms with Gasteiger partial charge >= 0.3 is 0 Å². The third-order valence-electron chi connectivity index (χ3n) is 6.16. The highest BCUT2D eigenvalue weighted by molar-refractivity contribution is 7.92. The van der Waals surface area contributed by atoms with Crippen molar-refractivity contribution in [3.05, 3.63) is 64.2 Å². The number of nitrogens with zero attached hydrogens (tertiary/aromatic N) is 2. The molecule has 1 aliphatic carbocycles. The molecule has 33 heavy (non-hydrogen) atoms. The van der Waals surface area contributed by atoms with Crippen molar-refractivity contribution in [2.75, 3.05) is 23.3 Å². The van der Waals surface area contributed by atoms with Gasteiger partial charge in [-0.2, -0.15) is 0 Å². The Kier molecular flexibility index (Phi) is 5.84. The lowest BCUT2D eigenvalue weighted by atomic mass is 10.2. The maximum absolute atomic E-state index is 13.4. The van der Waals surface area contributed by atoms with Crippen molar-refractivity contribution < 1.29 is 17.9 Å². The summed E-state index contributed by atoms with van der Waals surface area (Å²) < 4.78 is 33.6. The molecule has 0 spiro atoms. The topological polar surface area (TPSA) is 88.6 Å². The van der Waals surface area contributed by atoms with Crippen LogP contribution in [0.3, 0.4) is 0 Å². The number of anilines is 2. The normalized spacial score (nSPS) is 15.5. The smallest absolute Gasteiger partial charge is 0.264 e. The molecule has 7 nitrogen and oxygen atoms in total. The quantitative estimate of drug-likeness (QED) is 0.543. The standard InChI is InChI=1S/C24H25N3O4S2/c1-31-21-12-11-17(33(29,30)27-14-13-16-7-5-6-9-20(16)27)15-18(21)23(28)26-24-25-19-8-3-2-4-10-22(19)32-24/h5-7,9,11-12,15H,2-4,8,10,13-14H2,1H3,(H,25,26,28). The van der Waals surface area contributed by atoms with Crippen molar-refractivity contribution in [2.45, 2.75) is 43.4 Å². The number of nitrogens with one attached hydrogen (secondary N) is 1. The SMILES string of the molecule is COc1ccc(S(=O)(=O)N2CCc3ccccc32)cc1C(=O)Nc1nc2c(s1)CCCCC2. The zero-order valence-electron chi connectivity index (χ0n) is 18.3. The number of methoxy groups -OCH3 is 1. The second-order valence-electron chi connectivity index (χ2n) is 8.22. The van der Waals surface area contributed by atoms with Crippen LogP contribution in [-0.4, -0.2) is 33.0 Å². The Hall–Kier alpha value is -2.91. The second-order valence-corrected chi connectivity index (χ2v) is 11.2. The minimum absolute atomic E-state index is 0.0556. The molecule has 9 heteroatoms. The third kappa shape index (κ3) is 4.11. The second kappa shape index (κ2) is 8.79. The molecule has 0 saturated carbocycles. The molecule has 172 valence electrons. The van der Waals surface area contributed by atoms with Crippen LogP contribution in [0, 0.1) is 0 Å². The molecule has 0 atom stereocenters. The highest BCUT2D eigenvalue weighted by Gasteiger charge is 2.31. The van der Waals surface area contributed by atoms with Crippen LogP contribution in [0.4, 0.5) is 10.8 Å². The van der Waals surface area contributed by atoms with Crippen LogP contribution < -0.4 is 14.4 Å². The average Bonchev–Trinajstić information content (AvgIpc) is 3.36. The van der Waals surface area contributed by atoms with E-state index in [9.17, 15) is 13.2 Å². The fraction of sp³-hybridized carbons (Fsp3) is 0.333. The Morgan fingerprint density at radius 2 is 1.91 bits per heavy atom. The number of amides is 1. The van der Waals surface area contributed by atoms with E-state index >= 15 is 0 Å². The Bertz CT molecular complexity index is 1290. The molecule has 2 aliphatic rings. The number of hydrogen-bond donors (Lipinski definition) is 1. The highest BCUT2D eigenvalue weighted by Crippen LogP contribution is 2.34. The predicted molar refractivity (Wildman–Crippen MR) is 129 cm³/mol. The molecule has 0 saturated heterocycles. The summed E-state index contributed by atoms with van der Waals surface area (Å²) in [6.07, 6.45) is 6.01. The van der Waals surface area contributed by atoms with Crippen LogP contribution in [-0.2, 0) is 29.3 Å². The lowest BCUT2D eigenvalue weighted by molar-refractivity contribution is 0.102. The van der Waals surface area contributed by atoms with E-state index in [0.29, 0.717) is 29.5 Å². The Labute approximate surface area is 197 Å². The summed E-state index contributed by atoms with van der Waals surface area (Å²) in [5.41, 5.74) is 2.90. The summed E-state index contributed by atoms with van der Waals surface area (Å²) >= 11 is 1.50. The van der Waals surface area contributed by atoms with Gasteiger partial charge < -0.3 is 4.74 Å². The van der Waals surface area contributed by atoms with Gasteiger partial charge in [-0.25, -0.2) is 13.4 Å². The van der Waals surface area contributed by atoms with E-state index in [1.54, 1.807) is 0 Å². The highest BCUT2D eigenvalue weighted by atomic mass is 32.2. The Morgan fingerprint density at radius 1 is 1.09 bits per heavy atom. The number of aryl methyl sites for hydroxylation is 2. The minimum Gasteiger partial charge on any atom is -0.496 e. The number of thiazole rings is 1. The van der Waals surface area contributed by atoms with Crippen molar-refractivity contribution in [3.8, 4) is 5.75 Å². The average molecular weight is 484 g/mol. The van der Waals surface area contributed by atoms with Crippen LogP contribution in [0.2, 0.25) is 0 Å². The molecular weight excluding hydrogens is 458 g/mol. The van der Waals surface area contributed by atoms with E-state index < -0.39 is 15.9 Å². The predicted octanol–water partition coefficient (Wildman–Crippen LogP) is 4.42. The first-order chi connectivity index (χ1) is 16.0. The maximum atomic E-state index is 13.4. The molecule has 0 unspecified atom stereocenters. The number of rotatable bonds is 5. The van der Waals surface area contributed by atoms with E-state index in [1.165, 1.54) is 52.2 Å². The Balaban J connectivity index is 1.45. The molecule has 0 fully saturated rings. The van der Waals surface area contributed by atoms with Crippen LogP contribution in [0.15, 0.2) is 47.4 Å². The maximum Gasteiger partial charge on any atom is 0.264 e. The van der Waals surface area contributed by atoms with Crippen molar-refractivity contribution in [3.63, 3.8) is 0 Å². The minimum atomic E-state index is -3.83. The van der Waals surface area contributed by atoms with Crippen LogP contribution >= 0.6 is 11.3 Å². The van der Waals surface area contributed by atoms with Crippen LogP contribution in [0.5, 0.6) is 5.75 Å². The number of carbonyl (C=O) groups excluding carboxylic acids is 1. The molecule has 1 aromatic heterocycles. The van der Waals surface area contributed by atoms with Gasteiger partial charge in [0.05, 0.1) is 29.0 Å². The Morgan fingerprint density at radius 3 is 2.76 bits per heavy atom. The molecule has 0 bridgehead atoms. The van der Waals surface area contributed by atoms with Gasteiger partial charge in [-0.05, 0) is 61.9 Å². The zero-order chi connectivity index (χ0) is 23.0. The largest absolute Gasteiger partial charge is 0.496 e. The van der Waals surface area contributed by atoms with E-state index in [1.807, 2.05) is 24.3 Å². The van der Waals surface area contributed by atoms with E-state index in [0.717, 1.165) is 36.9 Å². The summed E-state index contributed by atoms with van der Waals surface area (Å²) in [5, 5.41) is 3.39. The lowest BCUT2D eigenvalue weighted by Crippen LogP contribution is -2.29. The van der Waals surface area contributed by atoms with Crippen molar-refractivity contribution >= 4 is 38.1 Å². The van der Waals surface area contributed by atoms with Gasteiger partial charge in [0.25, 0.3) is 15.9 Å². The van der Waals surface area contributed by atoms with Crippen LogP contribution in [0.1, 0.15) is 45.8 Å². The fourth-order valence-electron chi connectivity index (χ4n) is 4.46. The van der Waals surface area contributed by atoms with Gasteiger partial charge in [0.2, 0.25) is 0 Å². The fourth-order valence-corrected chi connectivity index (χ4v) is 7.03. The molecule has 0 radical (unpaired) electrons. The zero-order valence-corrected chi connectivity index (χ0v) is 20.0. The van der Waals surface area contributed by atoms with Gasteiger partial charge in [0.1, 0.15) is 5.75 Å². The van der Waals surface area contributed by atoms with Gasteiger partial charge in [-0.1, -0.05) is 24.6 Å². The number of para-hydroxylation sites is 1. The van der Waals surface area contributed by atoms with Crippen LogP contribution in [0.25, 0.3) is 0 Å². The molecule has 3 aromatic rings. The molecule has 5 rings (SSSR count). The van der Waals surface area contributed by atoms with Crippen molar-refractivity contribution in [1.29, 1.82) is 0 Å². The molecule has 1 N–H and O–H groups in total. The summed E-state index contributed by atoms with van der Waals surface area (Å²) in [4.78, 5) is 19.0. The summed E-state index contributed by atoms with van der Waals surface area (Å²) in [5.74, 6) is -0.124. The number of benzene rings is 2. The molecule has 2 aromatic carbocycles. The summed E-state index contributed by atoms with van der Waals surface area (Å²) in [6, 6.07) is 11.9. The summed E-state index contributed by atoms with van der Waals surface area (Å²) in [6.45, 7) is 0.375. The summed E-state index contributed by atoms with van der Waals surface area (Å²) in [7, 11) is -2.37. The first kappa shape index (κ1) is 21.9. The van der Waals surface area contributed by atoms with Gasteiger partial charge in [-0.15, -0.1) is 11.3 Å².